The van der Waals surface area contributed by atoms with E-state index < -0.39 is 11.5 Å². The van der Waals surface area contributed by atoms with Crippen LogP contribution in [0, 0.1) is 24.1 Å². The second kappa shape index (κ2) is 10.5. The number of carbonyl (C=O) groups is 1. The van der Waals surface area contributed by atoms with E-state index in [4.69, 9.17) is 5.26 Å². The van der Waals surface area contributed by atoms with Crippen molar-refractivity contribution in [3.63, 3.8) is 0 Å². The predicted octanol–water partition coefficient (Wildman–Crippen LogP) is 4.05. The molecule has 0 aliphatic carbocycles. The Hall–Kier alpha value is -3.73. The summed E-state index contributed by atoms with van der Waals surface area (Å²) in [7, 11) is 0. The molecular formula is C24H23F2N5O. The van der Waals surface area contributed by atoms with Crippen LogP contribution in [0.4, 0.5) is 8.78 Å². The van der Waals surface area contributed by atoms with Gasteiger partial charge in [-0.25, -0.2) is 18.7 Å². The summed E-state index contributed by atoms with van der Waals surface area (Å²) in [6, 6.07) is 11.7. The fraction of sp³-hybridized carbons (Fsp3) is 0.292. The van der Waals surface area contributed by atoms with E-state index in [0.717, 1.165) is 23.0 Å². The summed E-state index contributed by atoms with van der Waals surface area (Å²) >= 11 is 0. The SMILES string of the molecule is Cc1cccnc1-c1ccncn1.N#Cc1ccc(CC2(F)CCN(C=O)CC2)c(F)c1. The first-order valence-electron chi connectivity index (χ1n) is 10.2. The number of carbonyl (C=O) groups excluding carboxylic acids is 1. The van der Waals surface area contributed by atoms with Crippen LogP contribution in [0.2, 0.25) is 0 Å². The van der Waals surface area contributed by atoms with Crippen LogP contribution in [0.15, 0.2) is 55.1 Å². The summed E-state index contributed by atoms with van der Waals surface area (Å²) in [6.07, 6.45) is 6.14. The number of amides is 1. The average molecular weight is 435 g/mol. The van der Waals surface area contributed by atoms with Gasteiger partial charge >= 0.3 is 0 Å². The molecule has 8 heteroatoms. The lowest BCUT2D eigenvalue weighted by Crippen LogP contribution is -2.42. The standard InChI is InChI=1S/C14H14F2N2O.C10H9N3/c15-13-7-11(9-17)1-2-12(13)8-14(16)3-5-18(10-19)6-4-14;1-8-3-2-5-12-10(8)9-4-6-11-7-13-9/h1-2,7,10H,3-6,8H2;2-7H,1H3. The average Bonchev–Trinajstić information content (AvgIpc) is 2.82. The number of nitrogens with zero attached hydrogens (tertiary/aromatic N) is 5. The Morgan fingerprint density at radius 2 is 1.97 bits per heavy atom. The first kappa shape index (κ1) is 22.9. The van der Waals surface area contributed by atoms with E-state index in [0.29, 0.717) is 19.5 Å². The van der Waals surface area contributed by atoms with Gasteiger partial charge in [-0.2, -0.15) is 5.26 Å². The van der Waals surface area contributed by atoms with Crippen molar-refractivity contribution in [2.24, 2.45) is 0 Å². The van der Waals surface area contributed by atoms with Crippen LogP contribution in [0.25, 0.3) is 11.4 Å². The highest BCUT2D eigenvalue weighted by molar-refractivity contribution is 5.57. The number of hydrogen-bond donors (Lipinski definition) is 0. The topological polar surface area (TPSA) is 82.8 Å². The number of aryl methyl sites for hydroxylation is 1. The molecule has 2 aromatic heterocycles. The second-order valence-electron chi connectivity index (χ2n) is 7.65. The molecule has 0 saturated carbocycles. The maximum atomic E-state index is 14.6. The van der Waals surface area contributed by atoms with Gasteiger partial charge in [-0.1, -0.05) is 12.1 Å². The van der Waals surface area contributed by atoms with Crippen LogP contribution in [-0.2, 0) is 11.2 Å². The van der Waals surface area contributed by atoms with Gasteiger partial charge < -0.3 is 4.90 Å². The molecule has 3 heterocycles. The molecule has 0 N–H and O–H groups in total. The zero-order chi connectivity index (χ0) is 23.0. The molecule has 0 spiro atoms. The van der Waals surface area contributed by atoms with Crippen LogP contribution in [0.5, 0.6) is 0 Å². The minimum atomic E-state index is -1.48. The lowest BCUT2D eigenvalue weighted by Gasteiger charge is -2.34. The number of alkyl halides is 1. The smallest absolute Gasteiger partial charge is 0.209 e. The molecule has 0 atom stereocenters. The van der Waals surface area contributed by atoms with E-state index in [1.165, 1.54) is 23.4 Å². The highest BCUT2D eigenvalue weighted by atomic mass is 19.1. The van der Waals surface area contributed by atoms with Crippen molar-refractivity contribution < 1.29 is 13.6 Å². The Balaban J connectivity index is 0.000000193. The molecule has 0 bridgehead atoms. The fourth-order valence-corrected chi connectivity index (χ4v) is 3.49. The van der Waals surface area contributed by atoms with E-state index in [1.54, 1.807) is 12.4 Å². The fourth-order valence-electron chi connectivity index (χ4n) is 3.49. The Bertz CT molecular complexity index is 1090. The van der Waals surface area contributed by atoms with Crippen LogP contribution in [0.3, 0.4) is 0 Å². The monoisotopic (exact) mass is 435 g/mol. The molecule has 1 fully saturated rings. The van der Waals surface area contributed by atoms with E-state index in [9.17, 15) is 13.6 Å². The Labute approximate surface area is 185 Å². The molecule has 1 amide bonds. The summed E-state index contributed by atoms with van der Waals surface area (Å²) in [5.74, 6) is -0.547. The van der Waals surface area contributed by atoms with Crippen molar-refractivity contribution in [3.05, 3.63) is 77.6 Å². The Kier molecular flexibility index (Phi) is 7.55. The number of benzene rings is 1. The molecule has 164 valence electrons. The molecule has 0 unspecified atom stereocenters. The van der Waals surface area contributed by atoms with Crippen molar-refractivity contribution in [2.45, 2.75) is 31.9 Å². The van der Waals surface area contributed by atoms with Crippen LogP contribution < -0.4 is 0 Å². The van der Waals surface area contributed by atoms with Gasteiger partial charge in [-0.05, 0) is 55.2 Å². The quantitative estimate of drug-likeness (QED) is 0.578. The van der Waals surface area contributed by atoms with Crippen molar-refractivity contribution in [2.75, 3.05) is 13.1 Å². The number of halogens is 2. The summed E-state index contributed by atoms with van der Waals surface area (Å²) in [4.78, 5) is 24.3. The molecule has 0 radical (unpaired) electrons. The molecule has 32 heavy (non-hydrogen) atoms. The zero-order valence-electron chi connectivity index (χ0n) is 17.7. The molecule has 4 rings (SSSR count). The number of rotatable bonds is 4. The molecule has 1 aromatic carbocycles. The number of pyridine rings is 1. The van der Waals surface area contributed by atoms with Crippen molar-refractivity contribution in [1.82, 2.24) is 19.9 Å². The van der Waals surface area contributed by atoms with Gasteiger partial charge in [-0.15, -0.1) is 0 Å². The first-order chi connectivity index (χ1) is 15.4. The predicted molar refractivity (Wildman–Crippen MR) is 116 cm³/mol. The van der Waals surface area contributed by atoms with Gasteiger partial charge in [-0.3, -0.25) is 9.78 Å². The second-order valence-corrected chi connectivity index (χ2v) is 7.65. The first-order valence-corrected chi connectivity index (χ1v) is 10.2. The summed E-state index contributed by atoms with van der Waals surface area (Å²) in [5.41, 5.74) is 1.94. The van der Waals surface area contributed by atoms with Gasteiger partial charge in [0.1, 0.15) is 17.8 Å². The molecule has 1 aliphatic rings. The maximum absolute atomic E-state index is 14.6. The van der Waals surface area contributed by atoms with Crippen LogP contribution in [0.1, 0.15) is 29.5 Å². The molecular weight excluding hydrogens is 412 g/mol. The maximum Gasteiger partial charge on any atom is 0.209 e. The number of likely N-dealkylation sites (tertiary alicyclic amines) is 1. The minimum Gasteiger partial charge on any atom is -0.345 e. The zero-order valence-corrected chi connectivity index (χ0v) is 17.7. The molecule has 3 aromatic rings. The number of nitriles is 1. The van der Waals surface area contributed by atoms with Gasteiger partial charge in [0.15, 0.2) is 0 Å². The summed E-state index contributed by atoms with van der Waals surface area (Å²) in [5, 5.41) is 8.65. The third-order valence-electron chi connectivity index (χ3n) is 5.37. The minimum absolute atomic E-state index is 0.0166. The van der Waals surface area contributed by atoms with Gasteiger partial charge in [0.2, 0.25) is 6.41 Å². The lowest BCUT2D eigenvalue weighted by molar-refractivity contribution is -0.120. The summed E-state index contributed by atoms with van der Waals surface area (Å²) < 4.78 is 28.3. The van der Waals surface area contributed by atoms with Crippen LogP contribution in [-0.4, -0.2) is 45.0 Å². The largest absolute Gasteiger partial charge is 0.345 e. The van der Waals surface area contributed by atoms with Gasteiger partial charge in [0, 0.05) is 31.9 Å². The van der Waals surface area contributed by atoms with Gasteiger partial charge in [0.25, 0.3) is 0 Å². The van der Waals surface area contributed by atoms with Crippen molar-refractivity contribution >= 4 is 6.41 Å². The summed E-state index contributed by atoms with van der Waals surface area (Å²) in [6.45, 7) is 2.74. The third-order valence-corrected chi connectivity index (χ3v) is 5.37. The molecule has 1 saturated heterocycles. The lowest BCUT2D eigenvalue weighted by atomic mass is 9.87. The highest BCUT2D eigenvalue weighted by Crippen LogP contribution is 2.31. The number of piperidine rings is 1. The van der Waals surface area contributed by atoms with Gasteiger partial charge in [0.05, 0.1) is 23.0 Å². The Morgan fingerprint density at radius 1 is 1.19 bits per heavy atom. The molecule has 6 nitrogen and oxygen atoms in total. The van der Waals surface area contributed by atoms with Crippen molar-refractivity contribution in [1.29, 1.82) is 5.26 Å². The van der Waals surface area contributed by atoms with E-state index in [-0.39, 0.29) is 30.4 Å². The number of hydrogen-bond acceptors (Lipinski definition) is 5. The Morgan fingerprint density at radius 3 is 2.56 bits per heavy atom. The van der Waals surface area contributed by atoms with Crippen LogP contribution >= 0.6 is 0 Å². The third kappa shape index (κ3) is 5.91. The van der Waals surface area contributed by atoms with E-state index in [1.807, 2.05) is 31.2 Å². The molecule has 1 aliphatic heterocycles. The normalized spacial score (nSPS) is 14.6. The highest BCUT2D eigenvalue weighted by Gasteiger charge is 2.35. The van der Waals surface area contributed by atoms with Crippen molar-refractivity contribution in [3.8, 4) is 17.5 Å². The van der Waals surface area contributed by atoms with E-state index in [2.05, 4.69) is 15.0 Å². The van der Waals surface area contributed by atoms with E-state index >= 15 is 0 Å². The number of aromatic nitrogens is 3.